The predicted octanol–water partition coefficient (Wildman–Crippen LogP) is 5.75. The second kappa shape index (κ2) is 9.05. The molecule has 2 aliphatic rings. The lowest BCUT2D eigenvalue weighted by atomic mass is 9.88. The van der Waals surface area contributed by atoms with Crippen molar-refractivity contribution in [2.24, 2.45) is 5.92 Å². The van der Waals surface area contributed by atoms with Crippen LogP contribution >= 0.6 is 23.2 Å². The van der Waals surface area contributed by atoms with Gasteiger partial charge in [-0.1, -0.05) is 36.2 Å². The number of piperidine rings is 1. The summed E-state index contributed by atoms with van der Waals surface area (Å²) in [6.07, 6.45) is 5.75. The fourth-order valence-corrected chi connectivity index (χ4v) is 6.21. The minimum absolute atomic E-state index is 0.0900. The molecule has 0 aliphatic carbocycles. The van der Waals surface area contributed by atoms with E-state index < -0.39 is 0 Å². The minimum atomic E-state index is -0.0900. The van der Waals surface area contributed by atoms with Gasteiger partial charge >= 0.3 is 0 Å². The highest BCUT2D eigenvalue weighted by molar-refractivity contribution is 6.35. The maximum Gasteiger partial charge on any atom is 0.179 e. The van der Waals surface area contributed by atoms with E-state index in [1.165, 1.54) is 25.9 Å². The molecule has 4 heterocycles. The molecule has 33 heavy (non-hydrogen) atoms. The summed E-state index contributed by atoms with van der Waals surface area (Å²) in [7, 11) is 0. The maximum absolute atomic E-state index is 6.51. The lowest BCUT2D eigenvalue weighted by Gasteiger charge is -2.45. The van der Waals surface area contributed by atoms with Crippen molar-refractivity contribution < 1.29 is 0 Å². The topological polar surface area (TPSA) is 50.1 Å². The maximum atomic E-state index is 6.51. The van der Waals surface area contributed by atoms with Crippen molar-refractivity contribution >= 4 is 40.2 Å². The summed E-state index contributed by atoms with van der Waals surface area (Å²) < 4.78 is 1.95. The third kappa shape index (κ3) is 4.22. The molecule has 0 radical (unpaired) electrons. The zero-order valence-corrected chi connectivity index (χ0v) is 21.3. The highest BCUT2D eigenvalue weighted by atomic mass is 35.5. The Bertz CT molecular complexity index is 1160. The minimum Gasteiger partial charge on any atom is -0.352 e. The summed E-state index contributed by atoms with van der Waals surface area (Å²) in [5.74, 6) is 1.52. The first kappa shape index (κ1) is 22.9. The highest BCUT2D eigenvalue weighted by Gasteiger charge is 2.36. The average molecular weight is 487 g/mol. The van der Waals surface area contributed by atoms with Crippen LogP contribution in [-0.4, -0.2) is 56.4 Å². The van der Waals surface area contributed by atoms with Crippen LogP contribution in [0.4, 0.5) is 5.82 Å². The van der Waals surface area contributed by atoms with Gasteiger partial charge in [-0.15, -0.1) is 0 Å². The van der Waals surface area contributed by atoms with Crippen molar-refractivity contribution in [3.8, 4) is 0 Å². The Kier molecular flexibility index (Phi) is 6.27. The molecule has 0 spiro atoms. The lowest BCUT2D eigenvalue weighted by molar-refractivity contribution is 0.143. The number of anilines is 1. The first-order valence-corrected chi connectivity index (χ1v) is 12.8. The number of likely N-dealkylation sites (tertiary alicyclic amines) is 1. The summed E-state index contributed by atoms with van der Waals surface area (Å²) in [5, 5.41) is 6.05. The second-order valence-corrected chi connectivity index (χ2v) is 10.6. The highest BCUT2D eigenvalue weighted by Crippen LogP contribution is 2.34. The largest absolute Gasteiger partial charge is 0.352 e. The first-order valence-electron chi connectivity index (χ1n) is 12.0. The van der Waals surface area contributed by atoms with Crippen LogP contribution in [0.2, 0.25) is 10.0 Å². The van der Waals surface area contributed by atoms with E-state index in [0.717, 1.165) is 41.2 Å². The van der Waals surface area contributed by atoms with Crippen molar-refractivity contribution in [2.45, 2.75) is 65.1 Å². The van der Waals surface area contributed by atoms with E-state index in [0.29, 0.717) is 28.0 Å². The van der Waals surface area contributed by atoms with E-state index in [2.05, 4.69) is 30.6 Å². The quantitative estimate of drug-likeness (QED) is 0.469. The van der Waals surface area contributed by atoms with Gasteiger partial charge in [-0.25, -0.2) is 14.6 Å². The summed E-state index contributed by atoms with van der Waals surface area (Å²) in [6.45, 7) is 12.3. The number of rotatable bonds is 4. The molecule has 0 N–H and O–H groups in total. The van der Waals surface area contributed by atoms with E-state index in [1.54, 1.807) is 6.07 Å². The molecule has 176 valence electrons. The summed E-state index contributed by atoms with van der Waals surface area (Å²) >= 11 is 12.6. The van der Waals surface area contributed by atoms with Gasteiger partial charge in [0.2, 0.25) is 0 Å². The number of aryl methyl sites for hydroxylation is 1. The molecule has 5 rings (SSSR count). The summed E-state index contributed by atoms with van der Waals surface area (Å²) in [6, 6.07) is 6.59. The summed E-state index contributed by atoms with van der Waals surface area (Å²) in [5.41, 5.74) is 3.47. The van der Waals surface area contributed by atoms with E-state index in [9.17, 15) is 0 Å². The van der Waals surface area contributed by atoms with E-state index >= 15 is 0 Å². The van der Waals surface area contributed by atoms with Gasteiger partial charge in [-0.05, 0) is 76.7 Å². The normalized spacial score (nSPS) is 25.2. The van der Waals surface area contributed by atoms with Gasteiger partial charge in [-0.3, -0.25) is 4.90 Å². The molecular formula is C25H32Cl2N6. The van der Waals surface area contributed by atoms with Crippen molar-refractivity contribution in [3.05, 3.63) is 45.7 Å². The molecule has 0 bridgehead atoms. The zero-order chi connectivity index (χ0) is 23.3. The molecule has 8 heteroatoms. The van der Waals surface area contributed by atoms with Crippen LogP contribution in [0.25, 0.3) is 11.2 Å². The third-order valence-corrected chi connectivity index (χ3v) is 8.06. The molecule has 6 nitrogen and oxygen atoms in total. The number of hydrogen-bond acceptors (Lipinski definition) is 5. The van der Waals surface area contributed by atoms with Gasteiger partial charge in [0.15, 0.2) is 5.65 Å². The number of aromatic nitrogens is 4. The number of nitrogens with zero attached hydrogens (tertiary/aromatic N) is 6. The standard InChI is InChI=1S/C25H32Cl2N6/c1-15-14-32(16(2)11-22(15)31-9-5-6-10-31)23-13-28-24-17(3)30-33(25(24)29-23)18(4)20-8-7-19(26)12-21(20)27/h7-8,12-13,15-16,18,22H,5-6,9-11,14H2,1-4H3/t15-,16-,18?,22?/m0/s1. The SMILES string of the molecule is Cc1nn(C(C)c2ccc(Cl)cc2Cl)c2nc(N3C[C@H](C)C(N4CCCC4)C[C@@H]3C)cnc12. The molecule has 2 unspecified atom stereocenters. The van der Waals surface area contributed by atoms with E-state index in [4.69, 9.17) is 38.3 Å². The van der Waals surface area contributed by atoms with Gasteiger partial charge in [0, 0.05) is 28.7 Å². The Morgan fingerprint density at radius 3 is 2.61 bits per heavy atom. The second-order valence-electron chi connectivity index (χ2n) is 9.80. The average Bonchev–Trinajstić information content (AvgIpc) is 3.43. The molecule has 3 aromatic rings. The molecule has 1 aromatic carbocycles. The Labute approximate surface area is 205 Å². The summed E-state index contributed by atoms with van der Waals surface area (Å²) in [4.78, 5) is 15.0. The number of fused-ring (bicyclic) bond motifs is 1. The van der Waals surface area contributed by atoms with Gasteiger partial charge in [-0.2, -0.15) is 5.10 Å². The third-order valence-electron chi connectivity index (χ3n) is 7.50. The van der Waals surface area contributed by atoms with E-state index in [-0.39, 0.29) is 6.04 Å². The monoisotopic (exact) mass is 486 g/mol. The zero-order valence-electron chi connectivity index (χ0n) is 19.8. The molecular weight excluding hydrogens is 455 g/mol. The van der Waals surface area contributed by atoms with Crippen molar-refractivity contribution in [3.63, 3.8) is 0 Å². The van der Waals surface area contributed by atoms with Crippen molar-refractivity contribution in [1.29, 1.82) is 0 Å². The number of halogens is 2. The van der Waals surface area contributed by atoms with Gasteiger partial charge in [0.25, 0.3) is 0 Å². The van der Waals surface area contributed by atoms with Crippen molar-refractivity contribution in [1.82, 2.24) is 24.6 Å². The molecule has 0 saturated carbocycles. The van der Waals surface area contributed by atoms with Gasteiger partial charge in [0.1, 0.15) is 11.3 Å². The van der Waals surface area contributed by atoms with Crippen molar-refractivity contribution in [2.75, 3.05) is 24.5 Å². The lowest BCUT2D eigenvalue weighted by Crippen LogP contribution is -2.53. The number of hydrogen-bond donors (Lipinski definition) is 0. The van der Waals surface area contributed by atoms with Crippen LogP contribution in [0, 0.1) is 12.8 Å². The Hall–Kier alpha value is -1.89. The molecule has 2 saturated heterocycles. The molecule has 2 fully saturated rings. The smallest absolute Gasteiger partial charge is 0.179 e. The van der Waals surface area contributed by atoms with Crippen LogP contribution in [0.1, 0.15) is 57.3 Å². The number of benzene rings is 1. The van der Waals surface area contributed by atoms with Crippen LogP contribution < -0.4 is 4.90 Å². The van der Waals surface area contributed by atoms with Gasteiger partial charge < -0.3 is 4.90 Å². The molecule has 4 atom stereocenters. The van der Waals surface area contributed by atoms with Crippen LogP contribution in [0.5, 0.6) is 0 Å². The van der Waals surface area contributed by atoms with Gasteiger partial charge in [0.05, 0.1) is 17.9 Å². The Balaban J connectivity index is 1.47. The van der Waals surface area contributed by atoms with Crippen LogP contribution in [-0.2, 0) is 0 Å². The molecule has 0 amide bonds. The van der Waals surface area contributed by atoms with Crippen LogP contribution in [0.15, 0.2) is 24.4 Å². The van der Waals surface area contributed by atoms with E-state index in [1.807, 2.05) is 29.9 Å². The van der Waals surface area contributed by atoms with Crippen LogP contribution in [0.3, 0.4) is 0 Å². The molecule has 2 aromatic heterocycles. The first-order chi connectivity index (χ1) is 15.8. The Morgan fingerprint density at radius 1 is 1.12 bits per heavy atom. The predicted molar refractivity (Wildman–Crippen MR) is 136 cm³/mol. The fourth-order valence-electron chi connectivity index (χ4n) is 5.64. The molecule has 2 aliphatic heterocycles. The Morgan fingerprint density at radius 2 is 1.88 bits per heavy atom. The fraction of sp³-hybridized carbons (Fsp3) is 0.560.